The second kappa shape index (κ2) is 31.8. The molecule has 1 aliphatic heterocycles. The summed E-state index contributed by atoms with van der Waals surface area (Å²) < 4.78 is 19.4. The molecule has 1 saturated heterocycles. The van der Waals surface area contributed by atoms with Gasteiger partial charge in [0, 0.05) is 25.9 Å². The van der Waals surface area contributed by atoms with Crippen LogP contribution in [0.3, 0.4) is 0 Å². The van der Waals surface area contributed by atoms with Gasteiger partial charge in [0.15, 0.2) is 5.79 Å². The number of unbranched alkanes of at least 4 members (excludes halogenated alkanes) is 24. The monoisotopic (exact) mass is 778 g/mol. The summed E-state index contributed by atoms with van der Waals surface area (Å²) in [6.45, 7) is 4.86. The molecule has 1 aromatic rings. The van der Waals surface area contributed by atoms with Gasteiger partial charge in [0.25, 0.3) is 0 Å². The van der Waals surface area contributed by atoms with Crippen LogP contribution in [-0.4, -0.2) is 42.1 Å². The van der Waals surface area contributed by atoms with Gasteiger partial charge in [-0.2, -0.15) is 0 Å². The minimum absolute atomic E-state index is 0.0648. The molecule has 0 aromatic heterocycles. The van der Waals surface area contributed by atoms with E-state index in [0.29, 0.717) is 6.61 Å². The van der Waals surface area contributed by atoms with Crippen molar-refractivity contribution in [3.63, 3.8) is 0 Å². The van der Waals surface area contributed by atoms with Gasteiger partial charge in [-0.1, -0.05) is 203 Å². The Balaban J connectivity index is 1.31. The van der Waals surface area contributed by atoms with Crippen LogP contribution in [0, 0.1) is 0 Å². The van der Waals surface area contributed by atoms with Crippen molar-refractivity contribution in [1.29, 1.82) is 0 Å². The molecular formula is C51H87NO4. The maximum absolute atomic E-state index is 12.9. The number of fused-ring (bicyclic) bond motifs is 1. The summed E-state index contributed by atoms with van der Waals surface area (Å²) in [6, 6.07) is 9.99. The van der Waals surface area contributed by atoms with Gasteiger partial charge in [0.1, 0.15) is 6.61 Å². The first-order chi connectivity index (χ1) is 27.6. The number of carbonyl (C=O) groups is 1. The SMILES string of the molecule is CCCCC/C=C\C/C=C\CCCCCCCCC1(CCCCCCCCCCCCCCCCCC)OC2CC(N(C)C(=O)OCc3ccccc3)C[C@@H]2O1. The second-order valence-corrected chi connectivity index (χ2v) is 17.4. The number of amides is 1. The van der Waals surface area contributed by atoms with Crippen molar-refractivity contribution in [2.24, 2.45) is 0 Å². The van der Waals surface area contributed by atoms with Crippen LogP contribution in [0.1, 0.15) is 225 Å². The van der Waals surface area contributed by atoms with Crippen LogP contribution >= 0.6 is 0 Å². The summed E-state index contributed by atoms with van der Waals surface area (Å²) >= 11 is 0. The fourth-order valence-electron chi connectivity index (χ4n) is 8.74. The molecule has 1 heterocycles. The van der Waals surface area contributed by atoms with Crippen LogP contribution in [0.25, 0.3) is 0 Å². The van der Waals surface area contributed by atoms with Crippen LogP contribution < -0.4 is 0 Å². The van der Waals surface area contributed by atoms with Crippen molar-refractivity contribution in [2.45, 2.75) is 250 Å². The summed E-state index contributed by atoms with van der Waals surface area (Å²) in [6.07, 6.45) is 50.2. The third-order valence-corrected chi connectivity index (χ3v) is 12.4. The van der Waals surface area contributed by atoms with Gasteiger partial charge in [-0.3, -0.25) is 0 Å². The highest BCUT2D eigenvalue weighted by Crippen LogP contribution is 2.45. The van der Waals surface area contributed by atoms with Gasteiger partial charge < -0.3 is 19.1 Å². The van der Waals surface area contributed by atoms with Crippen molar-refractivity contribution >= 4 is 6.09 Å². The molecule has 0 radical (unpaired) electrons. The first kappa shape index (κ1) is 48.3. The summed E-state index contributed by atoms with van der Waals surface area (Å²) in [4.78, 5) is 14.7. The first-order valence-electron chi connectivity index (χ1n) is 24.2. The zero-order chi connectivity index (χ0) is 39.8. The van der Waals surface area contributed by atoms with Gasteiger partial charge in [0.2, 0.25) is 0 Å². The molecular weight excluding hydrogens is 691 g/mol. The van der Waals surface area contributed by atoms with E-state index in [2.05, 4.69) is 38.2 Å². The molecule has 320 valence electrons. The molecule has 5 nitrogen and oxygen atoms in total. The molecule has 4 atom stereocenters. The largest absolute Gasteiger partial charge is 0.445 e. The summed E-state index contributed by atoms with van der Waals surface area (Å²) in [7, 11) is 1.87. The van der Waals surface area contributed by atoms with Gasteiger partial charge in [0.05, 0.1) is 12.2 Å². The van der Waals surface area contributed by atoms with E-state index in [-0.39, 0.29) is 24.3 Å². The zero-order valence-electron chi connectivity index (χ0n) is 36.8. The molecule has 0 spiro atoms. The number of hydrogen-bond donors (Lipinski definition) is 0. The van der Waals surface area contributed by atoms with E-state index in [9.17, 15) is 4.79 Å². The van der Waals surface area contributed by atoms with Crippen LogP contribution in [0.15, 0.2) is 54.6 Å². The highest BCUT2D eigenvalue weighted by molar-refractivity contribution is 5.67. The minimum Gasteiger partial charge on any atom is -0.445 e. The molecule has 1 saturated carbocycles. The fourth-order valence-corrected chi connectivity index (χ4v) is 8.74. The molecule has 3 rings (SSSR count). The molecule has 0 bridgehead atoms. The Hall–Kier alpha value is -2.11. The van der Waals surface area contributed by atoms with Gasteiger partial charge in [-0.05, 0) is 63.4 Å². The normalized spacial score (nSPS) is 20.7. The molecule has 0 N–H and O–H groups in total. The van der Waals surface area contributed by atoms with Gasteiger partial charge in [-0.15, -0.1) is 0 Å². The minimum atomic E-state index is -0.446. The Labute approximate surface area is 346 Å². The zero-order valence-corrected chi connectivity index (χ0v) is 36.8. The number of benzene rings is 1. The predicted octanol–water partition coefficient (Wildman–Crippen LogP) is 15.8. The molecule has 2 aliphatic rings. The van der Waals surface area contributed by atoms with Crippen molar-refractivity contribution in [1.82, 2.24) is 4.90 Å². The number of allylic oxidation sites excluding steroid dienone is 4. The van der Waals surface area contributed by atoms with Crippen LogP contribution in [0.5, 0.6) is 0 Å². The second-order valence-electron chi connectivity index (χ2n) is 17.4. The lowest BCUT2D eigenvalue weighted by Gasteiger charge is -2.31. The maximum Gasteiger partial charge on any atom is 0.410 e. The topological polar surface area (TPSA) is 48.0 Å². The van der Waals surface area contributed by atoms with E-state index < -0.39 is 5.79 Å². The lowest BCUT2D eigenvalue weighted by Crippen LogP contribution is -2.38. The molecule has 1 amide bonds. The Morgan fingerprint density at radius 2 is 1.02 bits per heavy atom. The smallest absolute Gasteiger partial charge is 0.410 e. The van der Waals surface area contributed by atoms with E-state index in [1.165, 1.54) is 167 Å². The molecule has 5 heteroatoms. The summed E-state index contributed by atoms with van der Waals surface area (Å²) in [5.41, 5.74) is 1.01. The first-order valence-corrected chi connectivity index (χ1v) is 24.2. The lowest BCUT2D eigenvalue weighted by molar-refractivity contribution is -0.192. The van der Waals surface area contributed by atoms with Crippen LogP contribution in [0.2, 0.25) is 0 Å². The molecule has 1 aromatic carbocycles. The van der Waals surface area contributed by atoms with E-state index in [0.717, 1.165) is 44.1 Å². The van der Waals surface area contributed by atoms with Crippen LogP contribution in [0.4, 0.5) is 4.79 Å². The highest BCUT2D eigenvalue weighted by atomic mass is 16.8. The van der Waals surface area contributed by atoms with E-state index in [1.807, 2.05) is 37.4 Å². The summed E-state index contributed by atoms with van der Waals surface area (Å²) in [5, 5.41) is 0. The van der Waals surface area contributed by atoms with E-state index in [1.54, 1.807) is 4.90 Å². The molecule has 2 fully saturated rings. The third-order valence-electron chi connectivity index (χ3n) is 12.4. The lowest BCUT2D eigenvalue weighted by atomic mass is 9.98. The van der Waals surface area contributed by atoms with Crippen molar-refractivity contribution in [2.75, 3.05) is 7.05 Å². The average Bonchev–Trinajstić information content (AvgIpc) is 3.76. The number of rotatable bonds is 35. The molecule has 56 heavy (non-hydrogen) atoms. The number of carbonyl (C=O) groups excluding carboxylic acids is 1. The van der Waals surface area contributed by atoms with Gasteiger partial charge in [-0.25, -0.2) is 4.79 Å². The Morgan fingerprint density at radius 1 is 0.607 bits per heavy atom. The number of ether oxygens (including phenoxy) is 3. The number of nitrogens with zero attached hydrogens (tertiary/aromatic N) is 1. The maximum atomic E-state index is 12.9. The van der Waals surface area contributed by atoms with Crippen molar-refractivity contribution in [3.8, 4) is 0 Å². The Bertz CT molecular complexity index is 1120. The third kappa shape index (κ3) is 21.6. The molecule has 3 unspecified atom stereocenters. The highest BCUT2D eigenvalue weighted by Gasteiger charge is 2.52. The van der Waals surface area contributed by atoms with Gasteiger partial charge >= 0.3 is 6.09 Å². The predicted molar refractivity (Wildman–Crippen MR) is 238 cm³/mol. The number of hydrogen-bond acceptors (Lipinski definition) is 4. The fraction of sp³-hybridized carbons (Fsp3) is 0.784. The van der Waals surface area contributed by atoms with Crippen molar-refractivity contribution < 1.29 is 19.0 Å². The van der Waals surface area contributed by atoms with Crippen molar-refractivity contribution in [3.05, 3.63) is 60.2 Å². The quantitative estimate of drug-likeness (QED) is 0.0509. The van der Waals surface area contributed by atoms with Crippen LogP contribution in [-0.2, 0) is 20.8 Å². The van der Waals surface area contributed by atoms with E-state index in [4.69, 9.17) is 14.2 Å². The Kier molecular flexibility index (Phi) is 27.4. The summed E-state index contributed by atoms with van der Waals surface area (Å²) in [5.74, 6) is -0.446. The standard InChI is InChI=1S/C51H87NO4/c1-4-6-8-10-12-14-16-18-20-22-24-26-28-30-32-37-41-51(42-38-33-31-29-27-25-23-21-19-17-15-13-11-9-7-5-2)55-48-43-47(44-49(48)56-51)52(3)50(53)54-45-46-39-35-34-36-40-46/h12,14,18,20,34-36,39-40,47-49H,4-11,13,15-17,19,21-33,37-38,41-45H2,1-3H3/b14-12-,20-18-/t47?,48-,49?,51?/m0/s1. The average molecular weight is 778 g/mol. The molecule has 1 aliphatic carbocycles. The Morgan fingerprint density at radius 3 is 1.50 bits per heavy atom. The van der Waals surface area contributed by atoms with E-state index >= 15 is 0 Å².